The Morgan fingerprint density at radius 3 is 2.60 bits per heavy atom. The summed E-state index contributed by atoms with van der Waals surface area (Å²) < 4.78 is 0. The van der Waals surface area contributed by atoms with Crippen molar-refractivity contribution in [2.75, 3.05) is 13.1 Å². The minimum Gasteiger partial charge on any atom is -0.338 e. The Morgan fingerprint density at radius 2 is 2.10 bits per heavy atom. The third-order valence-electron chi connectivity index (χ3n) is 3.86. The van der Waals surface area contributed by atoms with Gasteiger partial charge < -0.3 is 10.2 Å². The van der Waals surface area contributed by atoms with Crippen LogP contribution in [0.25, 0.3) is 0 Å². The van der Waals surface area contributed by atoms with Crippen molar-refractivity contribution in [1.82, 2.24) is 20.5 Å². The second-order valence-corrected chi connectivity index (χ2v) is 5.90. The number of aryl methyl sites for hydroxylation is 1. The molecule has 2 saturated heterocycles. The minimum atomic E-state index is -0.837. The van der Waals surface area contributed by atoms with Crippen molar-refractivity contribution in [3.8, 4) is 0 Å². The molecule has 1 spiro atoms. The predicted octanol–water partition coefficient (Wildman–Crippen LogP) is 0.266. The zero-order valence-corrected chi connectivity index (χ0v) is 11.7. The molecule has 0 radical (unpaired) electrons. The van der Waals surface area contributed by atoms with Gasteiger partial charge in [-0.05, 0) is 19.8 Å². The van der Waals surface area contributed by atoms with Crippen LogP contribution in [-0.2, 0) is 4.79 Å². The lowest BCUT2D eigenvalue weighted by molar-refractivity contribution is -0.125. The average Bonchev–Trinajstić information content (AvgIpc) is 2.95. The number of imide groups is 1. The van der Waals surface area contributed by atoms with Gasteiger partial charge in [-0.25, -0.2) is 9.78 Å². The SMILES string of the molecule is Cc1ncsc1C(=O)N1CCC2(CC1)NC(=O)NC2=O. The molecule has 2 aliphatic rings. The smallest absolute Gasteiger partial charge is 0.322 e. The molecule has 4 amide bonds. The number of thiazole rings is 1. The van der Waals surface area contributed by atoms with E-state index in [1.165, 1.54) is 11.3 Å². The zero-order chi connectivity index (χ0) is 14.3. The minimum absolute atomic E-state index is 0.0513. The van der Waals surface area contributed by atoms with E-state index in [9.17, 15) is 14.4 Å². The number of likely N-dealkylation sites (tertiary alicyclic amines) is 1. The maximum absolute atomic E-state index is 12.3. The lowest BCUT2D eigenvalue weighted by Crippen LogP contribution is -2.55. The van der Waals surface area contributed by atoms with Crippen molar-refractivity contribution in [3.05, 3.63) is 16.1 Å². The van der Waals surface area contributed by atoms with Crippen LogP contribution in [-0.4, -0.2) is 46.4 Å². The van der Waals surface area contributed by atoms with Gasteiger partial charge in [0.15, 0.2) is 0 Å². The number of hydrogen-bond donors (Lipinski definition) is 2. The van der Waals surface area contributed by atoms with Crippen LogP contribution in [0.1, 0.15) is 28.2 Å². The first-order chi connectivity index (χ1) is 9.52. The van der Waals surface area contributed by atoms with Crippen LogP contribution >= 0.6 is 11.3 Å². The molecule has 2 fully saturated rings. The molecule has 3 heterocycles. The van der Waals surface area contributed by atoms with E-state index in [2.05, 4.69) is 15.6 Å². The highest BCUT2D eigenvalue weighted by Crippen LogP contribution is 2.27. The lowest BCUT2D eigenvalue weighted by Gasteiger charge is -2.36. The fourth-order valence-electron chi connectivity index (χ4n) is 2.62. The van der Waals surface area contributed by atoms with Gasteiger partial charge in [-0.1, -0.05) is 0 Å². The number of nitrogens with one attached hydrogen (secondary N) is 2. The van der Waals surface area contributed by atoms with E-state index < -0.39 is 11.6 Å². The summed E-state index contributed by atoms with van der Waals surface area (Å²) >= 11 is 1.32. The highest BCUT2D eigenvalue weighted by molar-refractivity contribution is 7.11. The highest BCUT2D eigenvalue weighted by Gasteiger charge is 2.48. The number of aromatic nitrogens is 1. The number of hydrogen-bond acceptors (Lipinski definition) is 5. The maximum atomic E-state index is 12.3. The summed E-state index contributed by atoms with van der Waals surface area (Å²) in [7, 11) is 0. The number of piperidine rings is 1. The number of urea groups is 1. The van der Waals surface area contributed by atoms with Crippen LogP contribution in [0.15, 0.2) is 5.51 Å². The van der Waals surface area contributed by atoms with E-state index in [1.807, 2.05) is 0 Å². The van der Waals surface area contributed by atoms with Crippen molar-refractivity contribution in [1.29, 1.82) is 0 Å². The largest absolute Gasteiger partial charge is 0.338 e. The number of carbonyl (C=O) groups excluding carboxylic acids is 3. The Bertz CT molecular complexity index is 589. The van der Waals surface area contributed by atoms with E-state index in [-0.39, 0.29) is 11.8 Å². The van der Waals surface area contributed by atoms with Crippen LogP contribution in [0.3, 0.4) is 0 Å². The summed E-state index contributed by atoms with van der Waals surface area (Å²) in [5.74, 6) is -0.340. The molecule has 0 aliphatic carbocycles. The summed E-state index contributed by atoms with van der Waals surface area (Å²) in [6.07, 6.45) is 0.877. The quantitative estimate of drug-likeness (QED) is 0.727. The number of amides is 4. The highest BCUT2D eigenvalue weighted by atomic mass is 32.1. The van der Waals surface area contributed by atoms with Crippen molar-refractivity contribution in [2.24, 2.45) is 0 Å². The van der Waals surface area contributed by atoms with E-state index >= 15 is 0 Å². The van der Waals surface area contributed by atoms with Gasteiger partial charge in [0.2, 0.25) is 0 Å². The van der Waals surface area contributed by atoms with Crippen LogP contribution in [0, 0.1) is 6.92 Å². The van der Waals surface area contributed by atoms with Crippen molar-refractivity contribution in [2.45, 2.75) is 25.3 Å². The van der Waals surface area contributed by atoms with Gasteiger partial charge in [0.1, 0.15) is 10.4 Å². The molecule has 7 nitrogen and oxygen atoms in total. The van der Waals surface area contributed by atoms with Crippen LogP contribution < -0.4 is 10.6 Å². The maximum Gasteiger partial charge on any atom is 0.322 e. The molecular formula is C12H14N4O3S. The molecule has 0 aromatic carbocycles. The summed E-state index contributed by atoms with van der Waals surface area (Å²) in [4.78, 5) is 41.8. The van der Waals surface area contributed by atoms with Gasteiger partial charge in [-0.3, -0.25) is 14.9 Å². The second-order valence-electron chi connectivity index (χ2n) is 5.05. The van der Waals surface area contributed by atoms with Gasteiger partial charge in [0, 0.05) is 13.1 Å². The van der Waals surface area contributed by atoms with E-state index in [4.69, 9.17) is 0 Å². The first-order valence-electron chi connectivity index (χ1n) is 6.35. The molecule has 3 rings (SSSR count). The molecule has 20 heavy (non-hydrogen) atoms. The normalized spacial score (nSPS) is 20.9. The number of rotatable bonds is 1. The number of nitrogens with zero attached hydrogens (tertiary/aromatic N) is 2. The van der Waals surface area contributed by atoms with E-state index in [1.54, 1.807) is 17.3 Å². The fraction of sp³-hybridized carbons (Fsp3) is 0.500. The van der Waals surface area contributed by atoms with Crippen LogP contribution in [0.2, 0.25) is 0 Å². The molecule has 1 aromatic rings. The molecule has 0 atom stereocenters. The first kappa shape index (κ1) is 13.0. The Morgan fingerprint density at radius 1 is 1.40 bits per heavy atom. The van der Waals surface area contributed by atoms with Gasteiger partial charge in [-0.2, -0.15) is 0 Å². The molecule has 8 heteroatoms. The van der Waals surface area contributed by atoms with Gasteiger partial charge in [0.05, 0.1) is 11.2 Å². The van der Waals surface area contributed by atoms with Crippen molar-refractivity contribution >= 4 is 29.2 Å². The van der Waals surface area contributed by atoms with E-state index in [0.29, 0.717) is 30.8 Å². The molecule has 0 bridgehead atoms. The topological polar surface area (TPSA) is 91.4 Å². The van der Waals surface area contributed by atoms with Gasteiger partial charge in [-0.15, -0.1) is 11.3 Å². The average molecular weight is 294 g/mol. The van der Waals surface area contributed by atoms with Crippen molar-refractivity contribution in [3.63, 3.8) is 0 Å². The Balaban J connectivity index is 1.70. The molecule has 0 saturated carbocycles. The monoisotopic (exact) mass is 294 g/mol. The Kier molecular flexibility index (Phi) is 2.97. The zero-order valence-electron chi connectivity index (χ0n) is 10.9. The third kappa shape index (κ3) is 1.96. The van der Waals surface area contributed by atoms with E-state index in [0.717, 1.165) is 5.69 Å². The fourth-order valence-corrected chi connectivity index (χ4v) is 3.39. The summed E-state index contributed by atoms with van der Waals surface area (Å²) in [6.45, 7) is 2.70. The third-order valence-corrected chi connectivity index (χ3v) is 4.78. The van der Waals surface area contributed by atoms with Crippen LogP contribution in [0.4, 0.5) is 4.79 Å². The van der Waals surface area contributed by atoms with Gasteiger partial charge >= 0.3 is 6.03 Å². The molecule has 2 aliphatic heterocycles. The van der Waals surface area contributed by atoms with Gasteiger partial charge in [0.25, 0.3) is 11.8 Å². The summed E-state index contributed by atoms with van der Waals surface area (Å²) in [6, 6.07) is -0.451. The first-order valence-corrected chi connectivity index (χ1v) is 7.23. The van der Waals surface area contributed by atoms with Crippen LogP contribution in [0.5, 0.6) is 0 Å². The number of carbonyl (C=O) groups is 3. The standard InChI is InChI=1S/C12H14N4O3S/c1-7-8(20-6-13-7)9(17)16-4-2-12(3-5-16)10(18)14-11(19)15-12/h6H,2-5H2,1H3,(H2,14,15,18,19). The Labute approximate surface area is 119 Å². The lowest BCUT2D eigenvalue weighted by atomic mass is 9.87. The molecule has 0 unspecified atom stereocenters. The predicted molar refractivity (Wildman–Crippen MR) is 71.4 cm³/mol. The summed E-state index contributed by atoms with van der Waals surface area (Å²) in [5.41, 5.74) is 1.54. The molecular weight excluding hydrogens is 280 g/mol. The second kappa shape index (κ2) is 4.55. The van der Waals surface area contributed by atoms with Crippen molar-refractivity contribution < 1.29 is 14.4 Å². The Hall–Kier alpha value is -1.96. The molecule has 1 aromatic heterocycles. The molecule has 106 valence electrons. The summed E-state index contributed by atoms with van der Waals surface area (Å²) in [5, 5.41) is 4.94. The molecule has 2 N–H and O–H groups in total.